The van der Waals surface area contributed by atoms with Gasteiger partial charge in [-0.2, -0.15) is 28.4 Å². The van der Waals surface area contributed by atoms with Crippen molar-refractivity contribution in [3.63, 3.8) is 0 Å². The van der Waals surface area contributed by atoms with Crippen LogP contribution in [0.2, 0.25) is 0 Å². The van der Waals surface area contributed by atoms with E-state index < -0.39 is 55.1 Å². The van der Waals surface area contributed by atoms with Gasteiger partial charge in [-0.1, -0.05) is 6.92 Å². The summed E-state index contributed by atoms with van der Waals surface area (Å²) in [6, 6.07) is 2.53. The maximum atomic E-state index is 14.5. The van der Waals surface area contributed by atoms with E-state index in [-0.39, 0.29) is 74.5 Å². The number of carbonyl (C=O) groups is 1. The quantitative estimate of drug-likeness (QED) is 0.267. The molecule has 2 unspecified atom stereocenters. The number of amides is 1. The van der Waals surface area contributed by atoms with Gasteiger partial charge in [0.05, 0.1) is 41.0 Å². The molecule has 3 saturated heterocycles. The van der Waals surface area contributed by atoms with E-state index in [2.05, 4.69) is 9.88 Å². The topological polar surface area (TPSA) is 182 Å². The first-order chi connectivity index (χ1) is 23.5. The number of fused-ring (bicyclic) bond motifs is 2. The molecule has 5 heterocycles. The van der Waals surface area contributed by atoms with E-state index in [0.717, 1.165) is 19.4 Å². The highest BCUT2D eigenvalue weighted by atomic mass is 31.2. The van der Waals surface area contributed by atoms with Gasteiger partial charge in [-0.15, -0.1) is 0 Å². The van der Waals surface area contributed by atoms with E-state index >= 15 is 0 Å². The van der Waals surface area contributed by atoms with Crippen LogP contribution >= 0.6 is 7.60 Å². The van der Waals surface area contributed by atoms with Gasteiger partial charge in [-0.3, -0.25) is 14.3 Å². The van der Waals surface area contributed by atoms with Gasteiger partial charge in [0.1, 0.15) is 30.6 Å². The summed E-state index contributed by atoms with van der Waals surface area (Å²) in [6.45, 7) is 4.74. The highest BCUT2D eigenvalue weighted by molar-refractivity contribution is 7.52. The number of aromatic nitrogens is 3. The summed E-state index contributed by atoms with van der Waals surface area (Å²) in [5.41, 5.74) is 5.61. The van der Waals surface area contributed by atoms with Gasteiger partial charge in [-0.25, -0.2) is 9.37 Å². The first kappa shape index (κ1) is 36.2. The van der Waals surface area contributed by atoms with E-state index in [1.165, 1.54) is 17.9 Å². The smallest absolute Gasteiger partial charge is 0.418 e. The average Bonchev–Trinajstić information content (AvgIpc) is 3.53. The van der Waals surface area contributed by atoms with E-state index in [1.807, 2.05) is 17.9 Å². The Balaban J connectivity index is 1.37. The molecule has 0 aromatic carbocycles. The zero-order valence-corrected chi connectivity index (χ0v) is 28.8. The molecule has 4 aliphatic rings. The molecular weight excluding hydrogens is 683 g/mol. The number of hydrogen-bond acceptors (Lipinski definition) is 10. The standard InChI is InChI=1S/C32H41F4N8O5P/c1-18-10-23-24(12-22(18)28-27(32(34,35)36)19(2)11-25(38)40-28)39-30(49-17-31-5-3-7-43(31)14-20(33)13-31)41-29(23)42-8-9-44(21(15-42)4-6-37)26(45)16-50(46,47)48/h11,18,20-22H,3-5,7-10,12-17H2,1-2H3,(H2,38,40)(H2,46,47,48)/t18?,20-,21+,22?,31+/m1/s1. The number of nitrogens with two attached hydrogens (primary N) is 1. The Morgan fingerprint density at radius 3 is 2.66 bits per heavy atom. The number of pyridine rings is 1. The van der Waals surface area contributed by atoms with Gasteiger partial charge in [-0.05, 0) is 56.7 Å². The predicted molar refractivity (Wildman–Crippen MR) is 173 cm³/mol. The monoisotopic (exact) mass is 724 g/mol. The number of halogens is 4. The van der Waals surface area contributed by atoms with Gasteiger partial charge in [0.15, 0.2) is 0 Å². The minimum Gasteiger partial charge on any atom is -0.461 e. The van der Waals surface area contributed by atoms with E-state index in [4.69, 9.17) is 20.4 Å². The molecule has 5 atom stereocenters. The third-order valence-electron chi connectivity index (χ3n) is 10.6. The Labute approximate surface area is 287 Å². The van der Waals surface area contributed by atoms with E-state index in [9.17, 15) is 42.0 Å². The largest absolute Gasteiger partial charge is 0.461 e. The van der Waals surface area contributed by atoms with Crippen LogP contribution in [0.25, 0.3) is 0 Å². The van der Waals surface area contributed by atoms with Crippen LogP contribution in [0, 0.1) is 24.2 Å². The average molecular weight is 725 g/mol. The van der Waals surface area contributed by atoms with Crippen LogP contribution in [-0.4, -0.2) is 104 Å². The molecule has 0 saturated carbocycles. The van der Waals surface area contributed by atoms with Gasteiger partial charge in [0.25, 0.3) is 0 Å². The number of ether oxygens (including phenoxy) is 1. The van der Waals surface area contributed by atoms with Crippen molar-refractivity contribution in [1.82, 2.24) is 24.8 Å². The zero-order chi connectivity index (χ0) is 36.2. The number of piperazine rings is 1. The molecule has 0 bridgehead atoms. The summed E-state index contributed by atoms with van der Waals surface area (Å²) in [4.78, 5) is 50.6. The Kier molecular flexibility index (Phi) is 9.79. The lowest BCUT2D eigenvalue weighted by Crippen LogP contribution is -2.56. The van der Waals surface area contributed by atoms with Crippen LogP contribution in [0.1, 0.15) is 66.6 Å². The van der Waals surface area contributed by atoms with Crippen molar-refractivity contribution in [2.24, 2.45) is 5.92 Å². The lowest BCUT2D eigenvalue weighted by Gasteiger charge is -2.42. The van der Waals surface area contributed by atoms with Crippen molar-refractivity contribution in [2.45, 2.75) is 82.2 Å². The molecule has 2 aromatic heterocycles. The lowest BCUT2D eigenvalue weighted by atomic mass is 9.75. The van der Waals surface area contributed by atoms with Crippen molar-refractivity contribution < 1.29 is 41.4 Å². The first-order valence-corrected chi connectivity index (χ1v) is 18.5. The van der Waals surface area contributed by atoms with Crippen LogP contribution in [0.15, 0.2) is 6.07 Å². The summed E-state index contributed by atoms with van der Waals surface area (Å²) >= 11 is 0. The number of hydrogen-bond donors (Lipinski definition) is 3. The summed E-state index contributed by atoms with van der Waals surface area (Å²) in [5.74, 6) is -1.39. The SMILES string of the molecule is Cc1cc(N)nc(C2Cc3nc(OC[C@@]45CCCN4C[C@H](F)C5)nc(N4CCN(C(=O)CP(=O)(O)O)[C@@H](CC#N)C4)c3CC2C)c1C(F)(F)F. The Bertz CT molecular complexity index is 1740. The summed E-state index contributed by atoms with van der Waals surface area (Å²) in [5, 5.41) is 9.57. The molecule has 3 fully saturated rings. The van der Waals surface area contributed by atoms with Crippen LogP contribution in [0.4, 0.5) is 29.2 Å². The molecular formula is C32H41F4N8O5P. The lowest BCUT2D eigenvalue weighted by molar-refractivity contribution is -0.139. The highest BCUT2D eigenvalue weighted by Gasteiger charge is 2.50. The number of nitrogens with zero attached hydrogens (tertiary/aromatic N) is 7. The Morgan fingerprint density at radius 2 is 1.96 bits per heavy atom. The number of alkyl halides is 4. The van der Waals surface area contributed by atoms with Gasteiger partial charge in [0.2, 0.25) is 5.91 Å². The second-order valence-corrected chi connectivity index (χ2v) is 15.8. The van der Waals surface area contributed by atoms with Gasteiger partial charge in [0, 0.05) is 44.1 Å². The first-order valence-electron chi connectivity index (χ1n) is 16.7. The molecule has 272 valence electrons. The maximum Gasteiger partial charge on any atom is 0.418 e. The summed E-state index contributed by atoms with van der Waals surface area (Å²) in [6.07, 6.45) is -4.44. The van der Waals surface area contributed by atoms with Crippen molar-refractivity contribution in [3.8, 4) is 12.1 Å². The third-order valence-corrected chi connectivity index (χ3v) is 11.3. The Hall–Kier alpha value is -3.58. The van der Waals surface area contributed by atoms with Crippen LogP contribution < -0.4 is 15.4 Å². The second-order valence-electron chi connectivity index (χ2n) is 14.1. The third kappa shape index (κ3) is 7.26. The van der Waals surface area contributed by atoms with Gasteiger partial charge < -0.3 is 30.1 Å². The molecule has 4 N–H and O–H groups in total. The van der Waals surface area contributed by atoms with Crippen LogP contribution in [0.3, 0.4) is 0 Å². The van der Waals surface area contributed by atoms with Crippen molar-refractivity contribution in [1.29, 1.82) is 5.26 Å². The number of rotatable bonds is 8. The highest BCUT2D eigenvalue weighted by Crippen LogP contribution is 2.46. The molecule has 18 heteroatoms. The second kappa shape index (κ2) is 13.5. The minimum absolute atomic E-state index is 0.0137. The van der Waals surface area contributed by atoms with E-state index in [0.29, 0.717) is 30.0 Å². The molecule has 1 amide bonds. The number of anilines is 2. The molecule has 13 nitrogen and oxygen atoms in total. The van der Waals surface area contributed by atoms with Crippen molar-refractivity contribution in [2.75, 3.05) is 56.1 Å². The van der Waals surface area contributed by atoms with Crippen LogP contribution in [-0.2, 0) is 28.4 Å². The number of nitriles is 1. The fourth-order valence-corrected chi connectivity index (χ4v) is 8.90. The molecule has 6 rings (SSSR count). The molecule has 0 spiro atoms. The number of carbonyl (C=O) groups excluding carboxylic acids is 1. The number of nitrogen functional groups attached to an aromatic ring is 1. The fourth-order valence-electron chi connectivity index (χ4n) is 8.37. The van der Waals surface area contributed by atoms with Gasteiger partial charge >= 0.3 is 19.8 Å². The predicted octanol–water partition coefficient (Wildman–Crippen LogP) is 3.36. The summed E-state index contributed by atoms with van der Waals surface area (Å²) in [7, 11) is -4.65. The fraction of sp³-hybridized carbons (Fsp3) is 0.656. The molecule has 3 aliphatic heterocycles. The van der Waals surface area contributed by atoms with Crippen molar-refractivity contribution in [3.05, 3.63) is 34.1 Å². The normalized spacial score (nSPS) is 27.2. The number of aryl methyl sites for hydroxylation is 1. The molecule has 0 radical (unpaired) electrons. The van der Waals surface area contributed by atoms with Crippen LogP contribution in [0.5, 0.6) is 6.01 Å². The summed E-state index contributed by atoms with van der Waals surface area (Å²) < 4.78 is 75.5. The minimum atomic E-state index is -4.67. The zero-order valence-electron chi connectivity index (χ0n) is 27.9. The molecule has 2 aromatic rings. The maximum absolute atomic E-state index is 14.5. The van der Waals surface area contributed by atoms with Crippen molar-refractivity contribution >= 4 is 25.1 Å². The Morgan fingerprint density at radius 1 is 1.20 bits per heavy atom. The molecule has 50 heavy (non-hydrogen) atoms. The van der Waals surface area contributed by atoms with E-state index in [1.54, 1.807) is 0 Å². The molecule has 1 aliphatic carbocycles.